The van der Waals surface area contributed by atoms with Gasteiger partial charge >= 0.3 is 11.8 Å². The first-order valence-electron chi connectivity index (χ1n) is 6.93. The summed E-state index contributed by atoms with van der Waals surface area (Å²) in [5.74, 6) is 0.253. The van der Waals surface area contributed by atoms with Gasteiger partial charge in [-0.05, 0) is 18.9 Å². The van der Waals surface area contributed by atoms with E-state index in [-0.39, 0.29) is 11.8 Å². The molecule has 5 nitrogen and oxygen atoms in total. The second kappa shape index (κ2) is 7.38. The summed E-state index contributed by atoms with van der Waals surface area (Å²) in [7, 11) is 1.74. The third-order valence-electron chi connectivity index (χ3n) is 3.10. The lowest BCUT2D eigenvalue weighted by atomic mass is 10.1. The van der Waals surface area contributed by atoms with Crippen LogP contribution in [0.15, 0.2) is 46.9 Å². The highest BCUT2D eigenvalue weighted by molar-refractivity contribution is 5.89. The predicted octanol–water partition coefficient (Wildman–Crippen LogP) is 2.50. The van der Waals surface area contributed by atoms with Crippen LogP contribution in [0.1, 0.15) is 29.1 Å². The molecule has 5 heteroatoms. The van der Waals surface area contributed by atoms with Gasteiger partial charge in [0.15, 0.2) is 0 Å². The van der Waals surface area contributed by atoms with E-state index in [0.29, 0.717) is 18.9 Å². The fraction of sp³-hybridized carbons (Fsp3) is 0.312. The van der Waals surface area contributed by atoms with Crippen LogP contribution in [-0.4, -0.2) is 34.6 Å². The largest absolute Gasteiger partial charge is 0.417 e. The molecule has 0 spiro atoms. The molecule has 0 aliphatic heterocycles. The van der Waals surface area contributed by atoms with Crippen LogP contribution in [0, 0.1) is 0 Å². The summed E-state index contributed by atoms with van der Waals surface area (Å²) in [6.45, 7) is 2.52. The number of hydrogen-bond acceptors (Lipinski definition) is 4. The molecule has 1 amide bonds. The van der Waals surface area contributed by atoms with Gasteiger partial charge in [0, 0.05) is 20.0 Å². The van der Waals surface area contributed by atoms with Gasteiger partial charge in [-0.3, -0.25) is 4.79 Å². The van der Waals surface area contributed by atoms with E-state index in [0.717, 1.165) is 6.42 Å². The zero-order chi connectivity index (χ0) is 15.1. The van der Waals surface area contributed by atoms with Gasteiger partial charge in [-0.2, -0.15) is 0 Å². The summed E-state index contributed by atoms with van der Waals surface area (Å²) >= 11 is 0. The average Bonchev–Trinajstić information content (AvgIpc) is 2.99. The average molecular weight is 285 g/mol. The molecule has 0 N–H and O–H groups in total. The number of likely N-dealkylation sites (N-methyl/N-ethyl adjacent to an activating group) is 1. The first-order chi connectivity index (χ1) is 10.2. The number of amides is 1. The van der Waals surface area contributed by atoms with Gasteiger partial charge < -0.3 is 9.32 Å². The Morgan fingerprint density at radius 2 is 2.05 bits per heavy atom. The van der Waals surface area contributed by atoms with Crippen molar-refractivity contribution in [1.29, 1.82) is 0 Å². The van der Waals surface area contributed by atoms with Crippen LogP contribution in [0.4, 0.5) is 0 Å². The Morgan fingerprint density at radius 1 is 1.29 bits per heavy atom. The summed E-state index contributed by atoms with van der Waals surface area (Å²) in [5, 5.41) is 7.66. The molecule has 21 heavy (non-hydrogen) atoms. The highest BCUT2D eigenvalue weighted by Crippen LogP contribution is 2.06. The van der Waals surface area contributed by atoms with E-state index in [1.165, 1.54) is 5.56 Å². The van der Waals surface area contributed by atoms with E-state index in [1.54, 1.807) is 11.9 Å². The fourth-order valence-corrected chi connectivity index (χ4v) is 1.85. The molecule has 0 fully saturated rings. The molecule has 0 atom stereocenters. The second-order valence-electron chi connectivity index (χ2n) is 4.74. The van der Waals surface area contributed by atoms with Crippen LogP contribution in [0.5, 0.6) is 0 Å². The highest BCUT2D eigenvalue weighted by Gasteiger charge is 2.18. The number of carbonyl (C=O) groups is 1. The van der Waals surface area contributed by atoms with E-state index in [2.05, 4.69) is 10.2 Å². The van der Waals surface area contributed by atoms with Crippen molar-refractivity contribution in [2.24, 2.45) is 0 Å². The van der Waals surface area contributed by atoms with Gasteiger partial charge in [-0.25, -0.2) is 0 Å². The Kier molecular flexibility index (Phi) is 5.26. The van der Waals surface area contributed by atoms with Crippen LogP contribution < -0.4 is 0 Å². The van der Waals surface area contributed by atoms with Gasteiger partial charge in [0.25, 0.3) is 0 Å². The Morgan fingerprint density at radius 3 is 2.76 bits per heavy atom. The van der Waals surface area contributed by atoms with E-state index in [9.17, 15) is 4.79 Å². The minimum atomic E-state index is -0.245. The first kappa shape index (κ1) is 15.0. The van der Waals surface area contributed by atoms with E-state index in [1.807, 2.05) is 49.4 Å². The van der Waals surface area contributed by atoms with Gasteiger partial charge in [0.1, 0.15) is 0 Å². The maximum absolute atomic E-state index is 12.2. The molecule has 0 saturated carbocycles. The summed E-state index contributed by atoms with van der Waals surface area (Å²) in [4.78, 5) is 13.8. The molecule has 0 bridgehead atoms. The molecule has 0 unspecified atom stereocenters. The molecular formula is C16H19N3O2. The van der Waals surface area contributed by atoms with E-state index >= 15 is 0 Å². The van der Waals surface area contributed by atoms with Crippen LogP contribution in [0.25, 0.3) is 0 Å². The van der Waals surface area contributed by atoms with E-state index < -0.39 is 0 Å². The topological polar surface area (TPSA) is 59.2 Å². The quantitative estimate of drug-likeness (QED) is 0.765. The lowest BCUT2D eigenvalue weighted by molar-refractivity contribution is 0.0755. The summed E-state index contributed by atoms with van der Waals surface area (Å²) in [6.07, 6.45) is 5.14. The second-order valence-corrected chi connectivity index (χ2v) is 4.74. The normalized spacial score (nSPS) is 11.0. The molecule has 110 valence electrons. The summed E-state index contributed by atoms with van der Waals surface area (Å²) in [6, 6.07) is 10.0. The zero-order valence-corrected chi connectivity index (χ0v) is 12.3. The van der Waals surface area contributed by atoms with Gasteiger partial charge in [0.2, 0.25) is 5.89 Å². The molecule has 2 aromatic rings. The Balaban J connectivity index is 1.91. The molecule has 1 aromatic heterocycles. The Labute approximate surface area is 124 Å². The van der Waals surface area contributed by atoms with Gasteiger partial charge in [0.05, 0.1) is 0 Å². The number of benzene rings is 1. The molecule has 0 radical (unpaired) electrons. The van der Waals surface area contributed by atoms with Crippen molar-refractivity contribution in [2.75, 3.05) is 13.6 Å². The monoisotopic (exact) mass is 285 g/mol. The highest BCUT2D eigenvalue weighted by atomic mass is 16.4. The minimum absolute atomic E-state index is 0.0464. The third-order valence-corrected chi connectivity index (χ3v) is 3.10. The van der Waals surface area contributed by atoms with E-state index in [4.69, 9.17) is 4.42 Å². The third kappa shape index (κ3) is 4.27. The van der Waals surface area contributed by atoms with Crippen molar-refractivity contribution in [2.45, 2.75) is 19.8 Å². The Hall–Kier alpha value is -2.43. The van der Waals surface area contributed by atoms with Crippen LogP contribution in [0.2, 0.25) is 0 Å². The number of rotatable bonds is 6. The number of aromatic nitrogens is 2. The van der Waals surface area contributed by atoms with Crippen molar-refractivity contribution in [3.63, 3.8) is 0 Å². The summed E-state index contributed by atoms with van der Waals surface area (Å²) < 4.78 is 5.36. The molecule has 1 aromatic carbocycles. The molecule has 0 aliphatic carbocycles. The van der Waals surface area contributed by atoms with Crippen LogP contribution >= 0.6 is 0 Å². The summed E-state index contributed by atoms with van der Waals surface area (Å²) in [5.41, 5.74) is 1.19. The molecule has 1 heterocycles. The lowest BCUT2D eigenvalue weighted by Crippen LogP contribution is -2.29. The van der Waals surface area contributed by atoms with Crippen molar-refractivity contribution in [3.05, 3.63) is 59.8 Å². The molecular weight excluding hydrogens is 266 g/mol. The van der Waals surface area contributed by atoms with Crippen molar-refractivity contribution < 1.29 is 9.21 Å². The number of allylic oxidation sites excluding steroid dienone is 2. The van der Waals surface area contributed by atoms with Crippen LogP contribution in [0.3, 0.4) is 0 Å². The maximum atomic E-state index is 12.2. The standard InChI is InChI=1S/C16H19N3O2/c1-3-4-10-14-17-18-15(21-14)16(20)19(2)12-11-13-8-6-5-7-9-13/h3-9H,10-12H2,1-2H3. The maximum Gasteiger partial charge on any atom is 0.311 e. The van der Waals surface area contributed by atoms with Crippen molar-refractivity contribution in [3.8, 4) is 0 Å². The van der Waals surface area contributed by atoms with Gasteiger partial charge in [-0.15, -0.1) is 10.2 Å². The fourth-order valence-electron chi connectivity index (χ4n) is 1.85. The SMILES string of the molecule is CC=CCc1nnc(C(=O)N(C)CCc2ccccc2)o1. The number of hydrogen-bond donors (Lipinski definition) is 0. The van der Waals surface area contributed by atoms with Crippen LogP contribution in [-0.2, 0) is 12.8 Å². The number of carbonyl (C=O) groups excluding carboxylic acids is 1. The molecule has 0 saturated heterocycles. The molecule has 0 aliphatic rings. The predicted molar refractivity (Wildman–Crippen MR) is 79.9 cm³/mol. The minimum Gasteiger partial charge on any atom is -0.417 e. The smallest absolute Gasteiger partial charge is 0.311 e. The number of nitrogens with zero attached hydrogens (tertiary/aromatic N) is 3. The van der Waals surface area contributed by atoms with Crippen molar-refractivity contribution in [1.82, 2.24) is 15.1 Å². The van der Waals surface area contributed by atoms with Crippen molar-refractivity contribution >= 4 is 5.91 Å². The zero-order valence-electron chi connectivity index (χ0n) is 12.3. The van der Waals surface area contributed by atoms with Gasteiger partial charge in [-0.1, -0.05) is 42.5 Å². The molecule has 2 rings (SSSR count). The lowest BCUT2D eigenvalue weighted by Gasteiger charge is -2.14. The Bertz CT molecular complexity index is 605. The first-order valence-corrected chi connectivity index (χ1v) is 6.93.